The van der Waals surface area contributed by atoms with Gasteiger partial charge in [0.15, 0.2) is 5.75 Å². The molecule has 7 nitrogen and oxygen atoms in total. The van der Waals surface area contributed by atoms with E-state index in [1.54, 1.807) is 32.0 Å². The average Bonchev–Trinajstić information content (AvgIpc) is 2.68. The zero-order valence-electron chi connectivity index (χ0n) is 20.4. The second kappa shape index (κ2) is 10.3. The minimum Gasteiger partial charge on any atom is -0.478 e. The molecule has 0 spiro atoms. The molecule has 0 aromatic heterocycles. The van der Waals surface area contributed by atoms with Gasteiger partial charge >= 0.3 is 5.97 Å². The van der Waals surface area contributed by atoms with Crippen LogP contribution in [0.3, 0.4) is 0 Å². The summed E-state index contributed by atoms with van der Waals surface area (Å²) in [5, 5.41) is 15.0. The van der Waals surface area contributed by atoms with Gasteiger partial charge in [-0.15, -0.1) is 0 Å². The highest BCUT2D eigenvalue weighted by Crippen LogP contribution is 2.39. The van der Waals surface area contributed by atoms with Crippen LogP contribution in [0.1, 0.15) is 55.4 Å². The fourth-order valence-electron chi connectivity index (χ4n) is 2.47. The number of carboxylic acids is 1. The van der Waals surface area contributed by atoms with E-state index in [4.69, 9.17) is 15.4 Å². The number of benzene rings is 2. The van der Waals surface area contributed by atoms with E-state index in [1.165, 1.54) is 12.1 Å². The summed E-state index contributed by atoms with van der Waals surface area (Å²) in [6, 6.07) is 9.83. The van der Waals surface area contributed by atoms with Crippen molar-refractivity contribution in [3.8, 4) is 11.5 Å². The van der Waals surface area contributed by atoms with Gasteiger partial charge < -0.3 is 14.7 Å². The molecule has 0 aliphatic rings. The molecule has 0 aliphatic heterocycles. The zero-order valence-corrected chi connectivity index (χ0v) is 17.2. The molecule has 0 aliphatic carbocycles. The number of rotatable bonds is 11. The summed E-state index contributed by atoms with van der Waals surface area (Å²) in [6.07, 6.45) is 0.481. The molecule has 0 saturated heterocycles. The fraction of sp³-hybridized carbons (Fsp3) is 0.381. The van der Waals surface area contributed by atoms with Gasteiger partial charge in [-0.05, 0) is 37.1 Å². The van der Waals surface area contributed by atoms with E-state index in [0.717, 1.165) is 17.0 Å². The predicted molar refractivity (Wildman–Crippen MR) is 113 cm³/mol. The Bertz CT molecular complexity index is 1080. The van der Waals surface area contributed by atoms with Gasteiger partial charge in [0.2, 0.25) is 10.0 Å². The summed E-state index contributed by atoms with van der Waals surface area (Å²) in [7, 11) is -4.54. The zero-order chi connectivity index (χ0) is 25.0. The van der Waals surface area contributed by atoms with Crippen LogP contribution in [0.4, 0.5) is 5.69 Å². The van der Waals surface area contributed by atoms with Crippen molar-refractivity contribution in [2.24, 2.45) is 5.14 Å². The number of carbonyl (C=O) groups is 1. The topological polar surface area (TPSA) is 110 Å². The van der Waals surface area contributed by atoms with Gasteiger partial charge in [0, 0.05) is 18.5 Å². The molecule has 2 aromatic carbocycles. The summed E-state index contributed by atoms with van der Waals surface area (Å²) in [5.41, 5.74) is -0.862. The van der Waals surface area contributed by atoms with Crippen molar-refractivity contribution < 1.29 is 28.5 Å². The minimum absolute atomic E-state index is 0.108. The maximum Gasteiger partial charge on any atom is 0.335 e. The van der Waals surface area contributed by atoms with Crippen molar-refractivity contribution in [3.63, 3.8) is 0 Å². The molecule has 0 saturated carbocycles. The summed E-state index contributed by atoms with van der Waals surface area (Å²) in [5.74, 6) is -1.76. The van der Waals surface area contributed by atoms with E-state index >= 15 is 0 Å². The van der Waals surface area contributed by atoms with Gasteiger partial charge in [0.25, 0.3) is 0 Å². The number of nitrogens with zero attached hydrogens (tertiary/aromatic N) is 1. The van der Waals surface area contributed by atoms with Crippen LogP contribution in [0.15, 0.2) is 47.4 Å². The highest BCUT2D eigenvalue weighted by atomic mass is 32.2. The molecule has 158 valence electrons. The van der Waals surface area contributed by atoms with Gasteiger partial charge in [-0.3, -0.25) is 0 Å². The van der Waals surface area contributed by atoms with E-state index in [0.29, 0.717) is 12.8 Å². The Morgan fingerprint density at radius 2 is 1.72 bits per heavy atom. The molecule has 0 amide bonds. The Morgan fingerprint density at radius 3 is 2.21 bits per heavy atom. The molecule has 8 heteroatoms. The molecule has 0 heterocycles. The molecule has 2 rings (SSSR count). The Hall–Kier alpha value is -2.58. The highest BCUT2D eigenvalue weighted by Gasteiger charge is 2.26. The van der Waals surface area contributed by atoms with Gasteiger partial charge in [0.05, 0.1) is 11.3 Å². The summed E-state index contributed by atoms with van der Waals surface area (Å²) in [4.78, 5) is 11.9. The lowest BCUT2D eigenvalue weighted by Crippen LogP contribution is -2.27. The van der Waals surface area contributed by atoms with Crippen molar-refractivity contribution in [1.29, 1.82) is 0 Å². The van der Waals surface area contributed by atoms with E-state index in [1.807, 2.05) is 0 Å². The van der Waals surface area contributed by atoms with Crippen LogP contribution in [0.2, 0.25) is 0 Å². The Morgan fingerprint density at radius 1 is 1.14 bits per heavy atom. The second-order valence-corrected chi connectivity index (χ2v) is 7.77. The van der Waals surface area contributed by atoms with Gasteiger partial charge in [-0.2, -0.15) is 0 Å². The van der Waals surface area contributed by atoms with E-state index in [-0.39, 0.29) is 24.3 Å². The number of primary sulfonamides is 1. The molecular formula is C21H28N2O5S. The summed E-state index contributed by atoms with van der Waals surface area (Å²) in [6.45, 7) is -1.18. The van der Waals surface area contributed by atoms with Crippen molar-refractivity contribution in [3.05, 3.63) is 48.0 Å². The van der Waals surface area contributed by atoms with E-state index in [2.05, 4.69) is 0 Å². The number of ether oxygens (including phenoxy) is 1. The first-order valence-corrected chi connectivity index (χ1v) is 10.8. The number of carboxylic acid groups (broad SMARTS) is 1. The minimum atomic E-state index is -4.54. The number of anilines is 1. The standard InChI is InChI=1S/C21H28N2O5S/c1-3-5-12-23(13-6-4-2)18-14-16(21(24)25)15-19(29(22,26)27)20(18)28-17-10-8-7-9-11-17/h7-11,14-15H,3-6,12-13H2,1-2H3,(H,24,25)(H2,22,26,27)/i12D2,13D2. The number of hydrogen-bond acceptors (Lipinski definition) is 5. The summed E-state index contributed by atoms with van der Waals surface area (Å²) < 4.78 is 65.1. The summed E-state index contributed by atoms with van der Waals surface area (Å²) >= 11 is 0. The molecule has 2 aromatic rings. The first-order chi connectivity index (χ1) is 15.2. The van der Waals surface area contributed by atoms with Gasteiger partial charge in [-0.1, -0.05) is 44.9 Å². The Balaban J connectivity index is 2.98. The quantitative estimate of drug-likeness (QED) is 0.558. The molecule has 0 bridgehead atoms. The molecule has 0 radical (unpaired) electrons. The van der Waals surface area contributed by atoms with Gasteiger partial charge in [0.1, 0.15) is 10.6 Å². The predicted octanol–water partition coefficient (Wildman–Crippen LogP) is 4.23. The molecular weight excluding hydrogens is 392 g/mol. The van der Waals surface area contributed by atoms with Crippen molar-refractivity contribution in [2.45, 2.75) is 44.4 Å². The number of para-hydroxylation sites is 1. The lowest BCUT2D eigenvalue weighted by Gasteiger charge is -2.28. The maximum absolute atomic E-state index is 12.4. The maximum atomic E-state index is 12.4. The number of aromatic carboxylic acids is 1. The van der Waals surface area contributed by atoms with E-state index < -0.39 is 45.2 Å². The lowest BCUT2D eigenvalue weighted by molar-refractivity contribution is 0.0696. The van der Waals surface area contributed by atoms with Crippen molar-refractivity contribution in [1.82, 2.24) is 0 Å². The van der Waals surface area contributed by atoms with Crippen LogP contribution >= 0.6 is 0 Å². The van der Waals surface area contributed by atoms with Crippen LogP contribution in [-0.2, 0) is 10.0 Å². The highest BCUT2D eigenvalue weighted by molar-refractivity contribution is 7.89. The van der Waals surface area contributed by atoms with Crippen LogP contribution < -0.4 is 14.8 Å². The Kier molecular flexibility index (Phi) is 6.12. The van der Waals surface area contributed by atoms with E-state index in [9.17, 15) is 18.3 Å². The van der Waals surface area contributed by atoms with Crippen molar-refractivity contribution in [2.75, 3.05) is 17.9 Å². The first kappa shape index (κ1) is 17.3. The van der Waals surface area contributed by atoms with Crippen molar-refractivity contribution >= 4 is 21.7 Å². The number of hydrogen-bond donors (Lipinski definition) is 2. The normalized spacial score (nSPS) is 14.3. The Labute approximate surface area is 177 Å². The monoisotopic (exact) mass is 424 g/mol. The van der Waals surface area contributed by atoms with Crippen LogP contribution in [0, 0.1) is 0 Å². The molecule has 3 N–H and O–H groups in total. The second-order valence-electron chi connectivity index (χ2n) is 6.24. The van der Waals surface area contributed by atoms with Gasteiger partial charge in [-0.25, -0.2) is 18.4 Å². The third-order valence-electron chi connectivity index (χ3n) is 3.83. The third kappa shape index (κ3) is 6.20. The molecule has 0 atom stereocenters. The smallest absolute Gasteiger partial charge is 0.335 e. The third-order valence-corrected chi connectivity index (χ3v) is 4.75. The molecule has 29 heavy (non-hydrogen) atoms. The van der Waals surface area contributed by atoms with Crippen LogP contribution in [0.25, 0.3) is 0 Å². The largest absolute Gasteiger partial charge is 0.478 e. The van der Waals surface area contributed by atoms with Crippen LogP contribution in [-0.4, -0.2) is 32.5 Å². The average molecular weight is 425 g/mol. The fourth-order valence-corrected chi connectivity index (χ4v) is 3.17. The lowest BCUT2D eigenvalue weighted by atomic mass is 10.1. The van der Waals surface area contributed by atoms with Crippen LogP contribution in [0.5, 0.6) is 11.5 Å². The number of sulfonamides is 1. The molecule has 0 fully saturated rings. The number of nitrogens with two attached hydrogens (primary N) is 1. The first-order valence-electron chi connectivity index (χ1n) is 11.2. The molecule has 0 unspecified atom stereocenters. The SMILES string of the molecule is [2H]C([2H])(CCC)N(c1cc(C(=O)O)cc(S(N)(=O)=O)c1Oc1ccccc1)C([2H])([2H])CCC.